The van der Waals surface area contributed by atoms with E-state index in [-0.39, 0.29) is 23.8 Å². The van der Waals surface area contributed by atoms with E-state index in [0.29, 0.717) is 49.8 Å². The lowest BCUT2D eigenvalue weighted by Crippen LogP contribution is -2.36. The third-order valence-corrected chi connectivity index (χ3v) is 7.01. The van der Waals surface area contributed by atoms with Crippen LogP contribution in [0.5, 0.6) is 5.75 Å². The quantitative estimate of drug-likeness (QED) is 0.420. The maximum absolute atomic E-state index is 13.6. The van der Waals surface area contributed by atoms with Crippen molar-refractivity contribution in [3.05, 3.63) is 53.6 Å². The van der Waals surface area contributed by atoms with Gasteiger partial charge >= 0.3 is 0 Å². The molecule has 0 bridgehead atoms. The number of amides is 1. The summed E-state index contributed by atoms with van der Waals surface area (Å²) in [4.78, 5) is 12.6. The van der Waals surface area contributed by atoms with Crippen LogP contribution in [0.3, 0.4) is 0 Å². The number of nitrogens with one attached hydrogen (secondary N) is 1. The van der Waals surface area contributed by atoms with Crippen LogP contribution in [0.25, 0.3) is 0 Å². The largest absolute Gasteiger partial charge is 0.497 e. The summed E-state index contributed by atoms with van der Waals surface area (Å²) >= 11 is 0. The number of hydrogen-bond donors (Lipinski definition) is 1. The highest BCUT2D eigenvalue weighted by atomic mass is 32.2. The molecule has 1 amide bonds. The number of hydrogen-bond acceptors (Lipinski definition) is 6. The SMILES string of the molecule is COCCOCCCNC(=O)CCN(c1ccc(OC)cc1)S(=O)(=O)c1ccc(C)cc1C. The molecule has 0 saturated heterocycles. The van der Waals surface area contributed by atoms with E-state index in [1.165, 1.54) is 4.31 Å². The second-order valence-electron chi connectivity index (χ2n) is 7.60. The third-order valence-electron chi connectivity index (χ3n) is 5.02. The monoisotopic (exact) mass is 478 g/mol. The fraction of sp³-hybridized carbons (Fsp3) is 0.458. The Kier molecular flexibility index (Phi) is 10.6. The van der Waals surface area contributed by atoms with Gasteiger partial charge < -0.3 is 19.5 Å². The van der Waals surface area contributed by atoms with E-state index < -0.39 is 10.0 Å². The first kappa shape index (κ1) is 26.6. The Morgan fingerprint density at radius 1 is 1.00 bits per heavy atom. The standard InChI is InChI=1S/C24H34N2O6S/c1-19-6-11-23(20(2)18-19)33(28,29)26(21-7-9-22(31-4)10-8-21)14-12-24(27)25-13-5-15-32-17-16-30-3/h6-11,18H,5,12-17H2,1-4H3,(H,25,27). The van der Waals surface area contributed by atoms with Crippen molar-refractivity contribution in [1.82, 2.24) is 5.32 Å². The van der Waals surface area contributed by atoms with Gasteiger partial charge in [-0.25, -0.2) is 8.42 Å². The molecule has 0 fully saturated rings. The van der Waals surface area contributed by atoms with Crippen LogP contribution in [0.4, 0.5) is 5.69 Å². The van der Waals surface area contributed by atoms with Gasteiger partial charge in [-0.15, -0.1) is 0 Å². The van der Waals surface area contributed by atoms with Crippen LogP contribution >= 0.6 is 0 Å². The van der Waals surface area contributed by atoms with Crippen molar-refractivity contribution in [2.24, 2.45) is 0 Å². The Bertz CT molecular complexity index is 993. The van der Waals surface area contributed by atoms with Crippen molar-refractivity contribution in [1.29, 1.82) is 0 Å². The second-order valence-corrected chi connectivity index (χ2v) is 9.43. The minimum atomic E-state index is -3.87. The van der Waals surface area contributed by atoms with E-state index in [9.17, 15) is 13.2 Å². The van der Waals surface area contributed by atoms with Gasteiger partial charge in [-0.3, -0.25) is 9.10 Å². The van der Waals surface area contributed by atoms with Crippen molar-refractivity contribution in [2.75, 3.05) is 51.4 Å². The molecule has 0 atom stereocenters. The van der Waals surface area contributed by atoms with Gasteiger partial charge in [0.15, 0.2) is 0 Å². The lowest BCUT2D eigenvalue weighted by Gasteiger charge is -2.25. The lowest BCUT2D eigenvalue weighted by molar-refractivity contribution is -0.120. The molecule has 2 aromatic rings. The number of sulfonamides is 1. The van der Waals surface area contributed by atoms with Gasteiger partial charge in [0, 0.05) is 33.2 Å². The summed E-state index contributed by atoms with van der Waals surface area (Å²) in [6, 6.07) is 12.0. The van der Waals surface area contributed by atoms with Crippen LogP contribution in [0.2, 0.25) is 0 Å². The highest BCUT2D eigenvalue weighted by Gasteiger charge is 2.27. The molecule has 2 rings (SSSR count). The van der Waals surface area contributed by atoms with Crippen LogP contribution in [0.15, 0.2) is 47.4 Å². The molecule has 1 N–H and O–H groups in total. The Labute approximate surface area is 196 Å². The molecule has 9 heteroatoms. The van der Waals surface area contributed by atoms with Crippen molar-refractivity contribution in [3.63, 3.8) is 0 Å². The second kappa shape index (κ2) is 13.2. The normalized spacial score (nSPS) is 11.3. The molecule has 0 spiro atoms. The zero-order valence-corrected chi connectivity index (χ0v) is 20.6. The average molecular weight is 479 g/mol. The summed E-state index contributed by atoms with van der Waals surface area (Å²) in [5.74, 6) is 0.398. The molecule has 0 radical (unpaired) electrons. The van der Waals surface area contributed by atoms with Crippen LogP contribution < -0.4 is 14.4 Å². The van der Waals surface area contributed by atoms with Crippen molar-refractivity contribution in [2.45, 2.75) is 31.6 Å². The van der Waals surface area contributed by atoms with E-state index in [4.69, 9.17) is 14.2 Å². The topological polar surface area (TPSA) is 94.2 Å². The number of benzene rings is 2. The van der Waals surface area contributed by atoms with Crippen molar-refractivity contribution in [3.8, 4) is 5.75 Å². The molecule has 0 aliphatic carbocycles. The summed E-state index contributed by atoms with van der Waals surface area (Å²) in [5, 5.41) is 2.82. The Balaban J connectivity index is 2.09. The molecule has 182 valence electrons. The third kappa shape index (κ3) is 8.03. The van der Waals surface area contributed by atoms with E-state index in [1.807, 2.05) is 13.0 Å². The van der Waals surface area contributed by atoms with Gasteiger partial charge in [-0.2, -0.15) is 0 Å². The zero-order chi connectivity index (χ0) is 24.3. The first-order valence-corrected chi connectivity index (χ1v) is 12.3. The maximum atomic E-state index is 13.6. The van der Waals surface area contributed by atoms with Crippen molar-refractivity contribution >= 4 is 21.6 Å². The summed E-state index contributed by atoms with van der Waals surface area (Å²) < 4.78 is 43.8. The molecule has 8 nitrogen and oxygen atoms in total. The Morgan fingerprint density at radius 3 is 2.36 bits per heavy atom. The number of methoxy groups -OCH3 is 2. The molecule has 0 aliphatic rings. The summed E-state index contributed by atoms with van der Waals surface area (Å²) in [5.41, 5.74) is 2.11. The highest BCUT2D eigenvalue weighted by Crippen LogP contribution is 2.28. The number of carbonyl (C=O) groups excluding carboxylic acids is 1. The molecular formula is C24H34N2O6S. The number of nitrogens with zero attached hydrogens (tertiary/aromatic N) is 1. The molecule has 0 aromatic heterocycles. The minimum absolute atomic E-state index is 0.0121. The maximum Gasteiger partial charge on any atom is 0.264 e. The fourth-order valence-corrected chi connectivity index (χ4v) is 4.96. The highest BCUT2D eigenvalue weighted by molar-refractivity contribution is 7.92. The minimum Gasteiger partial charge on any atom is -0.497 e. The van der Waals surface area contributed by atoms with Gasteiger partial charge in [0.25, 0.3) is 10.0 Å². The van der Waals surface area contributed by atoms with E-state index >= 15 is 0 Å². The molecule has 0 aliphatic heterocycles. The summed E-state index contributed by atoms with van der Waals surface area (Å²) in [6.07, 6.45) is 0.694. The van der Waals surface area contributed by atoms with Gasteiger partial charge in [0.05, 0.1) is 30.9 Å². The molecule has 0 saturated carbocycles. The van der Waals surface area contributed by atoms with E-state index in [2.05, 4.69) is 5.32 Å². The summed E-state index contributed by atoms with van der Waals surface area (Å²) in [7, 11) is -0.716. The number of aryl methyl sites for hydroxylation is 2. The first-order valence-electron chi connectivity index (χ1n) is 10.9. The van der Waals surface area contributed by atoms with Gasteiger partial charge in [-0.05, 0) is 56.2 Å². The van der Waals surface area contributed by atoms with Crippen LogP contribution in [-0.2, 0) is 24.3 Å². The molecule has 0 heterocycles. The smallest absolute Gasteiger partial charge is 0.264 e. The average Bonchev–Trinajstić information content (AvgIpc) is 2.78. The van der Waals surface area contributed by atoms with Gasteiger partial charge in [0.2, 0.25) is 5.91 Å². The fourth-order valence-electron chi connectivity index (χ4n) is 3.28. The van der Waals surface area contributed by atoms with Crippen molar-refractivity contribution < 1.29 is 27.4 Å². The van der Waals surface area contributed by atoms with Crippen LogP contribution in [0, 0.1) is 13.8 Å². The number of anilines is 1. The number of carbonyl (C=O) groups is 1. The van der Waals surface area contributed by atoms with Gasteiger partial charge in [0.1, 0.15) is 5.75 Å². The number of rotatable bonds is 14. The van der Waals surface area contributed by atoms with E-state index in [1.54, 1.807) is 57.5 Å². The lowest BCUT2D eigenvalue weighted by atomic mass is 10.2. The number of ether oxygens (including phenoxy) is 3. The zero-order valence-electron chi connectivity index (χ0n) is 19.8. The molecule has 33 heavy (non-hydrogen) atoms. The predicted octanol–water partition coefficient (Wildman–Crippen LogP) is 3.07. The molecule has 2 aromatic carbocycles. The van der Waals surface area contributed by atoms with Gasteiger partial charge in [-0.1, -0.05) is 17.7 Å². The first-order chi connectivity index (χ1) is 15.8. The molecule has 0 unspecified atom stereocenters. The van der Waals surface area contributed by atoms with Crippen LogP contribution in [-0.4, -0.2) is 61.5 Å². The van der Waals surface area contributed by atoms with Crippen LogP contribution in [0.1, 0.15) is 24.0 Å². The molecular weight excluding hydrogens is 444 g/mol. The Morgan fingerprint density at radius 2 is 1.73 bits per heavy atom. The Hall–Kier alpha value is -2.62. The summed E-state index contributed by atoms with van der Waals surface area (Å²) in [6.45, 7) is 5.71. The predicted molar refractivity (Wildman–Crippen MR) is 128 cm³/mol. The van der Waals surface area contributed by atoms with E-state index in [0.717, 1.165) is 5.56 Å².